The average Bonchev–Trinajstić information content (AvgIpc) is 2.44. The third kappa shape index (κ3) is 4.57. The van der Waals surface area contributed by atoms with Gasteiger partial charge in [0.15, 0.2) is 6.10 Å². The first-order valence-corrected chi connectivity index (χ1v) is 7.91. The van der Waals surface area contributed by atoms with E-state index in [9.17, 15) is 18.3 Å². The lowest BCUT2D eigenvalue weighted by Gasteiger charge is -2.10. The van der Waals surface area contributed by atoms with Crippen LogP contribution in [0.1, 0.15) is 5.56 Å². The number of hydrogen-bond acceptors (Lipinski definition) is 5. The zero-order valence-corrected chi connectivity index (χ0v) is 12.6. The molecule has 0 radical (unpaired) electrons. The molecule has 0 amide bonds. The van der Waals surface area contributed by atoms with Crippen molar-refractivity contribution in [3.8, 4) is 0 Å². The van der Waals surface area contributed by atoms with Crippen molar-refractivity contribution in [2.24, 2.45) is 0 Å². The van der Waals surface area contributed by atoms with Gasteiger partial charge in [0.2, 0.25) is 10.0 Å². The Morgan fingerprint density at radius 3 is 2.47 bits per heavy atom. The third-order valence-electron chi connectivity index (χ3n) is 2.33. The summed E-state index contributed by atoms with van der Waals surface area (Å²) in [5.41, 5.74) is 0.938. The second-order valence-corrected chi connectivity index (χ2v) is 6.00. The smallest absolute Gasteiger partial charge is 0.336 e. The van der Waals surface area contributed by atoms with Crippen molar-refractivity contribution in [3.05, 3.63) is 29.8 Å². The Kier molecular flexibility index (Phi) is 5.92. The van der Waals surface area contributed by atoms with E-state index in [0.29, 0.717) is 5.33 Å². The summed E-state index contributed by atoms with van der Waals surface area (Å²) >= 11 is 3.26. The predicted octanol–water partition coefficient (Wildman–Crippen LogP) is 0.394. The van der Waals surface area contributed by atoms with E-state index in [2.05, 4.69) is 25.4 Å². The van der Waals surface area contributed by atoms with Crippen LogP contribution in [0, 0.1) is 0 Å². The van der Waals surface area contributed by atoms with Crippen LogP contribution in [0.4, 0.5) is 0 Å². The number of alkyl halides is 1. The monoisotopic (exact) mass is 351 g/mol. The fourth-order valence-corrected chi connectivity index (χ4v) is 2.66. The Morgan fingerprint density at radius 2 is 2.00 bits per heavy atom. The van der Waals surface area contributed by atoms with E-state index in [0.717, 1.165) is 12.7 Å². The van der Waals surface area contributed by atoms with Gasteiger partial charge in [0, 0.05) is 11.9 Å². The number of hydrogen-bond donors (Lipinski definition) is 2. The van der Waals surface area contributed by atoms with Gasteiger partial charge in [-0.25, -0.2) is 17.9 Å². The van der Waals surface area contributed by atoms with Crippen molar-refractivity contribution in [2.75, 3.05) is 13.7 Å². The molecule has 0 aliphatic carbocycles. The third-order valence-corrected chi connectivity index (χ3v) is 4.41. The first-order valence-electron chi connectivity index (χ1n) is 5.31. The van der Waals surface area contributed by atoms with E-state index in [4.69, 9.17) is 0 Å². The molecule has 0 saturated heterocycles. The van der Waals surface area contributed by atoms with Gasteiger partial charge < -0.3 is 9.84 Å². The van der Waals surface area contributed by atoms with E-state index in [1.807, 2.05) is 0 Å². The lowest BCUT2D eigenvalue weighted by Crippen LogP contribution is -2.37. The summed E-state index contributed by atoms with van der Waals surface area (Å²) in [6.07, 6.45) is -1.53. The molecule has 1 aromatic rings. The first-order chi connectivity index (χ1) is 8.90. The summed E-state index contributed by atoms with van der Waals surface area (Å²) in [6, 6.07) is 6.23. The summed E-state index contributed by atoms with van der Waals surface area (Å²) in [4.78, 5) is 11.0. The number of benzene rings is 1. The Bertz CT molecular complexity index is 529. The lowest BCUT2D eigenvalue weighted by molar-refractivity contribution is -0.149. The number of nitrogens with one attached hydrogen (secondary N) is 1. The fraction of sp³-hybridized carbons (Fsp3) is 0.364. The highest BCUT2D eigenvalue weighted by molar-refractivity contribution is 9.08. The number of halogens is 1. The summed E-state index contributed by atoms with van der Waals surface area (Å²) in [5.74, 6) is -0.891. The number of sulfonamides is 1. The molecule has 0 aliphatic rings. The molecule has 0 aromatic heterocycles. The van der Waals surface area contributed by atoms with Gasteiger partial charge >= 0.3 is 5.97 Å². The molecule has 6 nitrogen and oxygen atoms in total. The number of rotatable bonds is 6. The number of esters is 1. The van der Waals surface area contributed by atoms with E-state index in [-0.39, 0.29) is 4.90 Å². The molecule has 1 atom stereocenters. The quantitative estimate of drug-likeness (QED) is 0.571. The van der Waals surface area contributed by atoms with E-state index in [1.54, 1.807) is 12.1 Å². The Morgan fingerprint density at radius 1 is 1.42 bits per heavy atom. The van der Waals surface area contributed by atoms with Crippen molar-refractivity contribution in [3.63, 3.8) is 0 Å². The van der Waals surface area contributed by atoms with Crippen molar-refractivity contribution < 1.29 is 23.1 Å². The minimum atomic E-state index is -3.76. The van der Waals surface area contributed by atoms with Gasteiger partial charge in [-0.1, -0.05) is 28.1 Å². The highest BCUT2D eigenvalue weighted by Gasteiger charge is 2.20. The molecule has 106 valence electrons. The number of carbonyl (C=O) groups is 1. The minimum Gasteiger partial charge on any atom is -0.467 e. The molecular formula is C11H14BrNO5S. The van der Waals surface area contributed by atoms with Crippen LogP contribution in [0.15, 0.2) is 29.2 Å². The SMILES string of the molecule is COC(=O)C(O)CNS(=O)(=O)c1ccc(CBr)cc1. The van der Waals surface area contributed by atoms with Gasteiger partial charge in [0.05, 0.1) is 12.0 Å². The van der Waals surface area contributed by atoms with Crippen LogP contribution >= 0.6 is 15.9 Å². The van der Waals surface area contributed by atoms with Crippen LogP contribution in [-0.2, 0) is 24.9 Å². The zero-order chi connectivity index (χ0) is 14.5. The standard InChI is InChI=1S/C11H14BrNO5S/c1-18-11(15)10(14)7-13-19(16,17)9-4-2-8(6-12)3-5-9/h2-5,10,13-14H,6-7H2,1H3. The van der Waals surface area contributed by atoms with Crippen molar-refractivity contribution in [1.82, 2.24) is 4.72 Å². The summed E-state index contributed by atoms with van der Waals surface area (Å²) in [7, 11) is -2.64. The highest BCUT2D eigenvalue weighted by atomic mass is 79.9. The molecule has 0 fully saturated rings. The van der Waals surface area contributed by atoms with E-state index < -0.39 is 28.6 Å². The first kappa shape index (κ1) is 16.1. The normalized spacial score (nSPS) is 13.0. The van der Waals surface area contributed by atoms with Gasteiger partial charge in [-0.15, -0.1) is 0 Å². The molecule has 0 aliphatic heterocycles. The van der Waals surface area contributed by atoms with Crippen molar-refractivity contribution >= 4 is 31.9 Å². The second kappa shape index (κ2) is 6.99. The number of aliphatic hydroxyl groups is 1. The average molecular weight is 352 g/mol. The molecule has 0 heterocycles. The molecule has 19 heavy (non-hydrogen) atoms. The van der Waals surface area contributed by atoms with Gasteiger partial charge in [-0.3, -0.25) is 0 Å². The van der Waals surface area contributed by atoms with E-state index in [1.165, 1.54) is 12.1 Å². The lowest BCUT2D eigenvalue weighted by atomic mass is 10.2. The molecule has 2 N–H and O–H groups in total. The van der Waals surface area contributed by atoms with Crippen molar-refractivity contribution in [1.29, 1.82) is 0 Å². The van der Waals surface area contributed by atoms with E-state index >= 15 is 0 Å². The number of methoxy groups -OCH3 is 1. The molecular weight excluding hydrogens is 338 g/mol. The molecule has 8 heteroatoms. The van der Waals surface area contributed by atoms with Crippen LogP contribution in [0.25, 0.3) is 0 Å². The maximum absolute atomic E-state index is 11.9. The van der Waals surface area contributed by atoms with Crippen LogP contribution < -0.4 is 4.72 Å². The topological polar surface area (TPSA) is 92.7 Å². The van der Waals surface area contributed by atoms with Gasteiger partial charge in [-0.2, -0.15) is 0 Å². The van der Waals surface area contributed by atoms with Gasteiger partial charge in [0.25, 0.3) is 0 Å². The highest BCUT2D eigenvalue weighted by Crippen LogP contribution is 2.12. The van der Waals surface area contributed by atoms with Crippen LogP contribution in [0.3, 0.4) is 0 Å². The van der Waals surface area contributed by atoms with Gasteiger partial charge in [0.1, 0.15) is 0 Å². The minimum absolute atomic E-state index is 0.0641. The predicted molar refractivity (Wildman–Crippen MR) is 72.3 cm³/mol. The Balaban J connectivity index is 2.72. The Labute approximate surface area is 120 Å². The Hall–Kier alpha value is -0.960. The van der Waals surface area contributed by atoms with Crippen LogP contribution in [0.5, 0.6) is 0 Å². The van der Waals surface area contributed by atoms with Gasteiger partial charge in [-0.05, 0) is 17.7 Å². The zero-order valence-electron chi connectivity index (χ0n) is 10.2. The van der Waals surface area contributed by atoms with Crippen LogP contribution in [0.2, 0.25) is 0 Å². The molecule has 1 aromatic carbocycles. The van der Waals surface area contributed by atoms with Crippen molar-refractivity contribution in [2.45, 2.75) is 16.3 Å². The summed E-state index contributed by atoms with van der Waals surface area (Å²) in [5, 5.41) is 9.93. The number of aliphatic hydroxyl groups excluding tert-OH is 1. The molecule has 0 bridgehead atoms. The summed E-state index contributed by atoms with van der Waals surface area (Å²) < 4.78 is 30.1. The fourth-order valence-electron chi connectivity index (χ4n) is 1.25. The molecule has 0 spiro atoms. The maximum Gasteiger partial charge on any atom is 0.336 e. The second-order valence-electron chi connectivity index (χ2n) is 3.67. The largest absolute Gasteiger partial charge is 0.467 e. The molecule has 0 saturated carbocycles. The molecule has 1 unspecified atom stereocenters. The summed E-state index contributed by atoms with van der Waals surface area (Å²) in [6.45, 7) is -0.435. The number of ether oxygens (including phenoxy) is 1. The number of carbonyl (C=O) groups excluding carboxylic acids is 1. The van der Waals surface area contributed by atoms with Crippen LogP contribution in [-0.4, -0.2) is 39.3 Å². The maximum atomic E-state index is 11.9. The molecule has 1 rings (SSSR count).